The molecular formula is C25H25F2N3O5S. The molecule has 2 aromatic carbocycles. The first kappa shape index (κ1) is 24.4. The number of hydrogen-bond acceptors (Lipinski definition) is 6. The van der Waals surface area contributed by atoms with Gasteiger partial charge in [-0.05, 0) is 66.6 Å². The van der Waals surface area contributed by atoms with Gasteiger partial charge in [0.25, 0.3) is 5.91 Å². The number of nitrogens with zero attached hydrogens (tertiary/aromatic N) is 2. The van der Waals surface area contributed by atoms with Crippen LogP contribution in [0.15, 0.2) is 47.4 Å². The molecule has 3 heterocycles. The Morgan fingerprint density at radius 3 is 2.28 bits per heavy atom. The zero-order valence-corrected chi connectivity index (χ0v) is 20.1. The molecule has 0 radical (unpaired) electrons. The van der Waals surface area contributed by atoms with Crippen molar-refractivity contribution < 1.29 is 31.6 Å². The van der Waals surface area contributed by atoms with Crippen LogP contribution >= 0.6 is 0 Å². The maximum Gasteiger partial charge on any atom is 0.341 e. The molecule has 2 fully saturated rings. The molecule has 2 aromatic rings. The van der Waals surface area contributed by atoms with E-state index in [2.05, 4.69) is 10.2 Å². The van der Waals surface area contributed by atoms with Crippen LogP contribution in [0.5, 0.6) is 0 Å². The van der Waals surface area contributed by atoms with Crippen molar-refractivity contribution in [3.05, 3.63) is 59.2 Å². The highest BCUT2D eigenvalue weighted by Crippen LogP contribution is 2.35. The second-order valence-electron chi connectivity index (χ2n) is 9.38. The molecule has 3 aliphatic heterocycles. The minimum absolute atomic E-state index is 0.196. The maximum absolute atomic E-state index is 12.9. The van der Waals surface area contributed by atoms with Gasteiger partial charge in [-0.1, -0.05) is 12.1 Å². The molecule has 0 aliphatic carbocycles. The van der Waals surface area contributed by atoms with Crippen molar-refractivity contribution in [2.24, 2.45) is 0 Å². The van der Waals surface area contributed by atoms with E-state index in [-0.39, 0.29) is 24.2 Å². The molecule has 190 valence electrons. The van der Waals surface area contributed by atoms with Crippen LogP contribution in [0.2, 0.25) is 0 Å². The fourth-order valence-electron chi connectivity index (χ4n) is 5.27. The molecule has 1 atom stereocenters. The normalized spacial score (nSPS) is 21.2. The molecule has 0 bridgehead atoms. The summed E-state index contributed by atoms with van der Waals surface area (Å²) in [5, 5.41) is 2.31. The van der Waals surface area contributed by atoms with Gasteiger partial charge in [-0.3, -0.25) is 19.7 Å². The Morgan fingerprint density at radius 1 is 0.944 bits per heavy atom. The second-order valence-corrected chi connectivity index (χ2v) is 11.3. The van der Waals surface area contributed by atoms with Crippen molar-refractivity contribution in [2.75, 3.05) is 18.0 Å². The highest BCUT2D eigenvalue weighted by Gasteiger charge is 2.39. The summed E-state index contributed by atoms with van der Waals surface area (Å²) in [6.45, 7) is 1.76. The molecule has 3 aliphatic rings. The predicted molar refractivity (Wildman–Crippen MR) is 126 cm³/mol. The average molecular weight is 518 g/mol. The maximum atomic E-state index is 12.9. The number of rotatable bonds is 5. The number of hydrogen-bond donors (Lipinski definition) is 1. The molecule has 36 heavy (non-hydrogen) atoms. The number of piperidine rings is 2. The lowest BCUT2D eigenvalue weighted by Gasteiger charge is -2.34. The molecule has 11 heteroatoms. The van der Waals surface area contributed by atoms with Crippen LogP contribution in [0.4, 0.5) is 14.5 Å². The van der Waals surface area contributed by atoms with Gasteiger partial charge in [0, 0.05) is 37.3 Å². The van der Waals surface area contributed by atoms with Gasteiger partial charge in [-0.15, -0.1) is 0 Å². The van der Waals surface area contributed by atoms with Gasteiger partial charge in [0.05, 0.1) is 4.90 Å². The van der Waals surface area contributed by atoms with E-state index in [9.17, 15) is 31.6 Å². The number of fused-ring (bicyclic) bond motifs is 1. The van der Waals surface area contributed by atoms with Crippen LogP contribution in [-0.2, 0) is 26.0 Å². The van der Waals surface area contributed by atoms with Crippen molar-refractivity contribution in [3.63, 3.8) is 0 Å². The topological polar surface area (TPSA) is 104 Å². The first-order chi connectivity index (χ1) is 17.1. The fourth-order valence-corrected chi connectivity index (χ4v) is 5.99. The Morgan fingerprint density at radius 2 is 1.64 bits per heavy atom. The van der Waals surface area contributed by atoms with E-state index in [1.54, 1.807) is 12.1 Å². The molecular weight excluding hydrogens is 492 g/mol. The van der Waals surface area contributed by atoms with Crippen molar-refractivity contribution in [2.45, 2.75) is 54.8 Å². The number of halogens is 2. The lowest BCUT2D eigenvalue weighted by molar-refractivity contribution is -0.136. The minimum atomic E-state index is -4.61. The summed E-state index contributed by atoms with van der Waals surface area (Å²) in [5.74, 6) is -4.12. The first-order valence-electron chi connectivity index (χ1n) is 11.8. The summed E-state index contributed by atoms with van der Waals surface area (Å²) < 4.78 is 48.8. The van der Waals surface area contributed by atoms with Gasteiger partial charge in [0.15, 0.2) is 0 Å². The monoisotopic (exact) mass is 517 g/mol. The van der Waals surface area contributed by atoms with Crippen molar-refractivity contribution in [1.82, 2.24) is 10.2 Å². The van der Waals surface area contributed by atoms with E-state index in [1.807, 2.05) is 18.2 Å². The third-order valence-corrected chi connectivity index (χ3v) is 8.68. The highest BCUT2D eigenvalue weighted by atomic mass is 32.2. The van der Waals surface area contributed by atoms with E-state index in [1.165, 1.54) is 17.0 Å². The lowest BCUT2D eigenvalue weighted by atomic mass is 9.87. The summed E-state index contributed by atoms with van der Waals surface area (Å²) in [4.78, 5) is 39.9. The molecule has 5 rings (SSSR count). The van der Waals surface area contributed by atoms with Crippen molar-refractivity contribution in [3.8, 4) is 0 Å². The molecule has 0 spiro atoms. The molecule has 1 N–H and O–H groups in total. The van der Waals surface area contributed by atoms with Gasteiger partial charge in [-0.2, -0.15) is 8.78 Å². The van der Waals surface area contributed by atoms with E-state index in [0.717, 1.165) is 29.7 Å². The van der Waals surface area contributed by atoms with Crippen LogP contribution < -0.4 is 10.2 Å². The van der Waals surface area contributed by atoms with Crippen molar-refractivity contribution in [1.29, 1.82) is 0 Å². The highest BCUT2D eigenvalue weighted by molar-refractivity contribution is 7.91. The minimum Gasteiger partial charge on any atom is -0.371 e. The lowest BCUT2D eigenvalue weighted by Crippen LogP contribution is -2.52. The first-order valence-corrected chi connectivity index (χ1v) is 13.3. The number of sulfone groups is 1. The predicted octanol–water partition coefficient (Wildman–Crippen LogP) is 2.83. The van der Waals surface area contributed by atoms with Gasteiger partial charge in [-0.25, -0.2) is 8.42 Å². The van der Waals surface area contributed by atoms with Crippen LogP contribution in [0.1, 0.15) is 53.1 Å². The summed E-state index contributed by atoms with van der Waals surface area (Å²) >= 11 is 0. The summed E-state index contributed by atoms with van der Waals surface area (Å²) in [6.07, 6.45) is 2.21. The van der Waals surface area contributed by atoms with Crippen LogP contribution in [0, 0.1) is 0 Å². The third-order valence-electron chi connectivity index (χ3n) is 7.28. The Bertz CT molecular complexity index is 1320. The summed E-state index contributed by atoms with van der Waals surface area (Å²) in [5.41, 5.74) is 3.35. The number of anilines is 1. The van der Waals surface area contributed by atoms with Crippen LogP contribution in [0.3, 0.4) is 0 Å². The smallest absolute Gasteiger partial charge is 0.341 e. The molecule has 0 saturated carbocycles. The van der Waals surface area contributed by atoms with E-state index in [4.69, 9.17) is 0 Å². The largest absolute Gasteiger partial charge is 0.371 e. The van der Waals surface area contributed by atoms with Gasteiger partial charge < -0.3 is 9.80 Å². The van der Waals surface area contributed by atoms with Crippen LogP contribution in [0.25, 0.3) is 0 Å². The molecule has 1 unspecified atom stereocenters. The molecule has 3 amide bonds. The summed E-state index contributed by atoms with van der Waals surface area (Å²) in [7, 11) is -4.61. The fraction of sp³-hybridized carbons (Fsp3) is 0.400. The van der Waals surface area contributed by atoms with E-state index in [0.29, 0.717) is 31.6 Å². The Labute approximate surface area is 207 Å². The van der Waals surface area contributed by atoms with Gasteiger partial charge >= 0.3 is 5.76 Å². The standard InChI is InChI=1S/C25H25F2N3O5S/c26-25(27)36(34,35)19-4-2-18(3-5-19)29-11-9-15(10-12-29)16-1-6-20-17(13-16)14-30(24(20)33)21-7-8-22(31)28-23(21)32/h1-6,13,15,21,25H,7-12,14H2,(H,28,31,32). The Balaban J connectivity index is 1.24. The Kier molecular flexibility index (Phi) is 6.27. The number of carbonyl (C=O) groups is 3. The van der Waals surface area contributed by atoms with E-state index >= 15 is 0 Å². The number of amides is 3. The SMILES string of the molecule is O=C1CCC(N2Cc3cc(C4CCN(c5ccc(S(=O)(=O)C(F)F)cc5)CC4)ccc3C2=O)C(=O)N1. The average Bonchev–Trinajstić information content (AvgIpc) is 3.19. The third kappa shape index (κ3) is 4.36. The number of nitrogens with one attached hydrogen (secondary N) is 1. The Hall–Kier alpha value is -3.34. The second kappa shape index (κ2) is 9.27. The zero-order valence-electron chi connectivity index (χ0n) is 19.3. The number of alkyl halides is 2. The van der Waals surface area contributed by atoms with E-state index < -0.39 is 32.4 Å². The number of benzene rings is 2. The number of imide groups is 1. The van der Waals surface area contributed by atoms with Gasteiger partial charge in [0.1, 0.15) is 6.04 Å². The number of carbonyl (C=O) groups excluding carboxylic acids is 3. The van der Waals surface area contributed by atoms with Crippen LogP contribution in [-0.4, -0.2) is 55.9 Å². The quantitative estimate of drug-likeness (QED) is 0.612. The molecule has 0 aromatic heterocycles. The zero-order chi connectivity index (χ0) is 25.6. The van der Waals surface area contributed by atoms with Gasteiger partial charge in [0.2, 0.25) is 21.7 Å². The van der Waals surface area contributed by atoms with Crippen molar-refractivity contribution >= 4 is 33.2 Å². The summed E-state index contributed by atoms with van der Waals surface area (Å²) in [6, 6.07) is 10.7. The molecule has 2 saturated heterocycles. The molecule has 8 nitrogen and oxygen atoms in total.